The minimum atomic E-state index is 0.452. The van der Waals surface area contributed by atoms with Crippen LogP contribution in [0.4, 0.5) is 0 Å². The SMILES string of the molecule is CCCc1cc(=S)nc(C(C(C)C)C(C)C)[nH]1. The van der Waals surface area contributed by atoms with E-state index in [2.05, 4.69) is 44.6 Å². The van der Waals surface area contributed by atoms with Gasteiger partial charge in [-0.15, -0.1) is 0 Å². The first-order valence-electron chi connectivity index (χ1n) is 6.55. The molecule has 3 heteroatoms. The molecule has 0 atom stereocenters. The van der Waals surface area contributed by atoms with Crippen molar-refractivity contribution in [3.63, 3.8) is 0 Å². The number of aryl methyl sites for hydroxylation is 1. The number of nitrogens with zero attached hydrogens (tertiary/aromatic N) is 1. The van der Waals surface area contributed by atoms with Crippen molar-refractivity contribution in [2.45, 2.75) is 53.4 Å². The first-order chi connectivity index (χ1) is 7.95. The maximum atomic E-state index is 5.26. The molecule has 0 aliphatic carbocycles. The second-order valence-electron chi connectivity index (χ2n) is 5.39. The third-order valence-electron chi connectivity index (χ3n) is 3.09. The molecule has 1 aromatic heterocycles. The van der Waals surface area contributed by atoms with Gasteiger partial charge in [-0.3, -0.25) is 0 Å². The zero-order valence-corrected chi connectivity index (χ0v) is 12.4. The first-order valence-corrected chi connectivity index (χ1v) is 6.96. The molecule has 2 nitrogen and oxygen atoms in total. The van der Waals surface area contributed by atoms with Crippen molar-refractivity contribution in [1.29, 1.82) is 0 Å². The molecule has 1 rings (SSSR count). The summed E-state index contributed by atoms with van der Waals surface area (Å²) in [5, 5.41) is 0. The van der Waals surface area contributed by atoms with Crippen LogP contribution in [0, 0.1) is 16.5 Å². The Hall–Kier alpha value is -0.700. The van der Waals surface area contributed by atoms with E-state index in [0.717, 1.165) is 18.7 Å². The lowest BCUT2D eigenvalue weighted by molar-refractivity contribution is 0.370. The average molecular weight is 252 g/mol. The Morgan fingerprint density at radius 3 is 2.29 bits per heavy atom. The van der Waals surface area contributed by atoms with Crippen molar-refractivity contribution in [3.8, 4) is 0 Å². The van der Waals surface area contributed by atoms with Crippen LogP contribution in [0.5, 0.6) is 0 Å². The molecule has 1 N–H and O–H groups in total. The normalized spacial score (nSPS) is 11.8. The molecule has 0 aromatic carbocycles. The Morgan fingerprint density at radius 1 is 1.24 bits per heavy atom. The van der Waals surface area contributed by atoms with Crippen LogP contribution in [0.25, 0.3) is 0 Å². The summed E-state index contributed by atoms with van der Waals surface area (Å²) < 4.78 is 0.716. The number of rotatable bonds is 5. The zero-order valence-electron chi connectivity index (χ0n) is 11.6. The van der Waals surface area contributed by atoms with Gasteiger partial charge in [0.15, 0.2) is 0 Å². The molecule has 1 aromatic rings. The second-order valence-corrected chi connectivity index (χ2v) is 5.81. The zero-order chi connectivity index (χ0) is 13.0. The Bertz CT molecular complexity index is 399. The Labute approximate surface area is 110 Å². The van der Waals surface area contributed by atoms with E-state index in [0.29, 0.717) is 22.4 Å². The molecule has 0 amide bonds. The molecule has 0 bridgehead atoms. The number of aromatic nitrogens is 2. The van der Waals surface area contributed by atoms with Gasteiger partial charge in [0.25, 0.3) is 0 Å². The van der Waals surface area contributed by atoms with Gasteiger partial charge < -0.3 is 4.98 Å². The van der Waals surface area contributed by atoms with E-state index >= 15 is 0 Å². The standard InChI is InChI=1S/C14H24N2S/c1-6-7-11-8-12(17)16-14(15-11)13(9(2)3)10(4)5/h8-10,13H,6-7H2,1-5H3,(H,15,16,17). The van der Waals surface area contributed by atoms with Gasteiger partial charge >= 0.3 is 0 Å². The highest BCUT2D eigenvalue weighted by molar-refractivity contribution is 7.71. The van der Waals surface area contributed by atoms with Crippen molar-refractivity contribution in [3.05, 3.63) is 22.2 Å². The topological polar surface area (TPSA) is 28.7 Å². The van der Waals surface area contributed by atoms with E-state index < -0.39 is 0 Å². The maximum Gasteiger partial charge on any atom is 0.129 e. The number of nitrogens with one attached hydrogen (secondary N) is 1. The molecule has 0 spiro atoms. The molecule has 0 radical (unpaired) electrons. The predicted octanol–water partition coefficient (Wildman–Crippen LogP) is 4.49. The average Bonchev–Trinajstić information content (AvgIpc) is 2.15. The van der Waals surface area contributed by atoms with Crippen LogP contribution < -0.4 is 0 Å². The highest BCUT2D eigenvalue weighted by Crippen LogP contribution is 2.29. The number of H-pyrrole nitrogens is 1. The lowest BCUT2D eigenvalue weighted by Gasteiger charge is -2.24. The summed E-state index contributed by atoms with van der Waals surface area (Å²) in [4.78, 5) is 7.99. The minimum absolute atomic E-state index is 0.452. The molecule has 17 heavy (non-hydrogen) atoms. The van der Waals surface area contributed by atoms with E-state index in [1.807, 2.05) is 6.07 Å². The summed E-state index contributed by atoms with van der Waals surface area (Å²) in [6, 6.07) is 1.99. The largest absolute Gasteiger partial charge is 0.347 e. The Balaban J connectivity index is 3.14. The highest BCUT2D eigenvalue weighted by Gasteiger charge is 2.22. The summed E-state index contributed by atoms with van der Waals surface area (Å²) in [6.45, 7) is 11.2. The Kier molecular flexibility index (Phi) is 5.31. The van der Waals surface area contributed by atoms with Gasteiger partial charge in [0.1, 0.15) is 10.5 Å². The second kappa shape index (κ2) is 6.29. The van der Waals surface area contributed by atoms with Crippen LogP contribution in [0.3, 0.4) is 0 Å². The summed E-state index contributed by atoms with van der Waals surface area (Å²) in [7, 11) is 0. The monoisotopic (exact) mass is 252 g/mol. The van der Waals surface area contributed by atoms with Crippen molar-refractivity contribution >= 4 is 12.2 Å². The van der Waals surface area contributed by atoms with Crippen molar-refractivity contribution in [2.24, 2.45) is 11.8 Å². The van der Waals surface area contributed by atoms with Crippen LogP contribution in [0.15, 0.2) is 6.07 Å². The van der Waals surface area contributed by atoms with Crippen LogP contribution in [-0.2, 0) is 6.42 Å². The molecule has 0 aliphatic rings. The lowest BCUT2D eigenvalue weighted by Crippen LogP contribution is -2.17. The van der Waals surface area contributed by atoms with Gasteiger partial charge in [-0.1, -0.05) is 53.3 Å². The first kappa shape index (κ1) is 14.4. The van der Waals surface area contributed by atoms with Crippen molar-refractivity contribution in [2.75, 3.05) is 0 Å². The third kappa shape index (κ3) is 3.91. The van der Waals surface area contributed by atoms with Gasteiger partial charge in [0.05, 0.1) is 0 Å². The summed E-state index contributed by atoms with van der Waals surface area (Å²) >= 11 is 5.26. The minimum Gasteiger partial charge on any atom is -0.347 e. The van der Waals surface area contributed by atoms with Crippen LogP contribution in [0.1, 0.15) is 58.5 Å². The van der Waals surface area contributed by atoms with Crippen LogP contribution >= 0.6 is 12.2 Å². The fourth-order valence-electron chi connectivity index (χ4n) is 2.49. The molecule has 0 saturated carbocycles. The highest BCUT2D eigenvalue weighted by atomic mass is 32.1. The van der Waals surface area contributed by atoms with E-state index in [4.69, 9.17) is 12.2 Å². The lowest BCUT2D eigenvalue weighted by atomic mass is 9.85. The number of aromatic amines is 1. The van der Waals surface area contributed by atoms with Crippen LogP contribution in [0.2, 0.25) is 0 Å². The maximum absolute atomic E-state index is 5.26. The molecule has 0 fully saturated rings. The summed E-state index contributed by atoms with van der Waals surface area (Å²) in [5.41, 5.74) is 1.22. The van der Waals surface area contributed by atoms with E-state index in [1.165, 1.54) is 5.69 Å². The number of hydrogen-bond donors (Lipinski definition) is 1. The third-order valence-corrected chi connectivity index (χ3v) is 3.30. The van der Waals surface area contributed by atoms with Crippen molar-refractivity contribution < 1.29 is 0 Å². The van der Waals surface area contributed by atoms with Gasteiger partial charge in [0, 0.05) is 11.6 Å². The fraction of sp³-hybridized carbons (Fsp3) is 0.714. The molecule has 0 aliphatic heterocycles. The van der Waals surface area contributed by atoms with E-state index in [-0.39, 0.29) is 0 Å². The van der Waals surface area contributed by atoms with Gasteiger partial charge in [-0.2, -0.15) is 0 Å². The van der Waals surface area contributed by atoms with Gasteiger partial charge in [0.2, 0.25) is 0 Å². The van der Waals surface area contributed by atoms with E-state index in [9.17, 15) is 0 Å². The van der Waals surface area contributed by atoms with E-state index in [1.54, 1.807) is 0 Å². The molecular weight excluding hydrogens is 228 g/mol. The summed E-state index contributed by atoms with van der Waals surface area (Å²) in [6.07, 6.45) is 2.17. The smallest absolute Gasteiger partial charge is 0.129 e. The summed E-state index contributed by atoms with van der Waals surface area (Å²) in [5.74, 6) is 2.66. The predicted molar refractivity (Wildman–Crippen MR) is 75.8 cm³/mol. The van der Waals surface area contributed by atoms with Gasteiger partial charge in [-0.25, -0.2) is 4.98 Å². The van der Waals surface area contributed by atoms with Gasteiger partial charge in [-0.05, 0) is 24.3 Å². The Morgan fingerprint density at radius 2 is 1.82 bits per heavy atom. The molecule has 0 unspecified atom stereocenters. The van der Waals surface area contributed by atoms with Crippen LogP contribution in [-0.4, -0.2) is 9.97 Å². The molecule has 0 saturated heterocycles. The number of hydrogen-bond acceptors (Lipinski definition) is 2. The molecular formula is C14H24N2S. The fourth-order valence-corrected chi connectivity index (χ4v) is 2.73. The molecule has 96 valence electrons. The van der Waals surface area contributed by atoms with Crippen molar-refractivity contribution in [1.82, 2.24) is 9.97 Å². The molecule has 1 heterocycles. The quantitative estimate of drug-likeness (QED) is 0.782.